The average molecular weight is 279 g/mol. The lowest BCUT2D eigenvalue weighted by atomic mass is 9.97. The molecule has 1 saturated carbocycles. The molecule has 1 fully saturated rings. The third-order valence-corrected chi connectivity index (χ3v) is 5.86. The van der Waals surface area contributed by atoms with Crippen molar-refractivity contribution in [2.75, 3.05) is 0 Å². The van der Waals surface area contributed by atoms with Crippen LogP contribution in [0.4, 0.5) is 0 Å². The van der Waals surface area contributed by atoms with E-state index in [2.05, 4.69) is 25.1 Å². The van der Waals surface area contributed by atoms with Crippen molar-refractivity contribution in [3.63, 3.8) is 0 Å². The van der Waals surface area contributed by atoms with Crippen LogP contribution in [-0.2, 0) is 16.6 Å². The summed E-state index contributed by atoms with van der Waals surface area (Å²) in [6.07, 6.45) is 6.98. The molecular formula is C16H25NOS. The molecule has 0 bridgehead atoms. The van der Waals surface area contributed by atoms with Crippen LogP contribution in [0, 0.1) is 6.92 Å². The SMILES string of the molecule is Cc1cccc(CS(=O)C2CCCCCCC2N)c1. The van der Waals surface area contributed by atoms with E-state index >= 15 is 0 Å². The van der Waals surface area contributed by atoms with Crippen LogP contribution in [0.5, 0.6) is 0 Å². The summed E-state index contributed by atoms with van der Waals surface area (Å²) in [5.74, 6) is 0.653. The second kappa shape index (κ2) is 7.20. The lowest BCUT2D eigenvalue weighted by Gasteiger charge is -2.25. The number of nitrogens with two attached hydrogens (primary N) is 1. The van der Waals surface area contributed by atoms with Gasteiger partial charge in [-0.2, -0.15) is 0 Å². The van der Waals surface area contributed by atoms with Crippen LogP contribution >= 0.6 is 0 Å². The first kappa shape index (κ1) is 14.7. The van der Waals surface area contributed by atoms with Gasteiger partial charge in [0, 0.05) is 22.6 Å². The van der Waals surface area contributed by atoms with Crippen molar-refractivity contribution in [1.82, 2.24) is 0 Å². The molecule has 2 rings (SSSR count). The predicted molar refractivity (Wildman–Crippen MR) is 82.5 cm³/mol. The van der Waals surface area contributed by atoms with Gasteiger partial charge in [-0.3, -0.25) is 4.21 Å². The molecule has 2 N–H and O–H groups in total. The average Bonchev–Trinajstić information content (AvgIpc) is 2.34. The number of hydrogen-bond acceptors (Lipinski definition) is 2. The van der Waals surface area contributed by atoms with Gasteiger partial charge in [-0.15, -0.1) is 0 Å². The first-order valence-electron chi connectivity index (χ1n) is 7.35. The lowest BCUT2D eigenvalue weighted by molar-refractivity contribution is 0.456. The van der Waals surface area contributed by atoms with Crippen molar-refractivity contribution in [1.29, 1.82) is 0 Å². The van der Waals surface area contributed by atoms with Crippen LogP contribution in [0.15, 0.2) is 24.3 Å². The Balaban J connectivity index is 2.00. The maximum atomic E-state index is 12.6. The Hall–Kier alpha value is -0.670. The van der Waals surface area contributed by atoms with Gasteiger partial charge in [-0.05, 0) is 25.3 Å². The Morgan fingerprint density at radius 1 is 1.21 bits per heavy atom. The van der Waals surface area contributed by atoms with Gasteiger partial charge in [-0.1, -0.05) is 55.5 Å². The highest BCUT2D eigenvalue weighted by atomic mass is 32.2. The Labute approximate surface area is 119 Å². The molecule has 2 nitrogen and oxygen atoms in total. The van der Waals surface area contributed by atoms with Gasteiger partial charge in [0.25, 0.3) is 0 Å². The molecule has 0 radical (unpaired) electrons. The molecule has 3 heteroatoms. The Morgan fingerprint density at radius 2 is 1.95 bits per heavy atom. The second-order valence-electron chi connectivity index (χ2n) is 5.71. The smallest absolute Gasteiger partial charge is 0.0502 e. The lowest BCUT2D eigenvalue weighted by Crippen LogP contribution is -2.39. The molecule has 0 aliphatic heterocycles. The van der Waals surface area contributed by atoms with E-state index in [0.29, 0.717) is 5.75 Å². The molecule has 3 atom stereocenters. The summed E-state index contributed by atoms with van der Waals surface area (Å²) >= 11 is 0. The molecule has 0 heterocycles. The summed E-state index contributed by atoms with van der Waals surface area (Å²) < 4.78 is 12.6. The fourth-order valence-corrected chi connectivity index (χ4v) is 4.56. The Kier molecular flexibility index (Phi) is 5.59. The third kappa shape index (κ3) is 4.43. The standard InChI is InChI=1S/C16H25NOS/c1-13-7-6-8-14(11-13)12-19(18)16-10-5-3-2-4-9-15(16)17/h6-8,11,15-16H,2-5,9-10,12,17H2,1H3. The molecular weight excluding hydrogens is 254 g/mol. The molecule has 1 aliphatic rings. The first-order valence-corrected chi connectivity index (χ1v) is 8.73. The highest BCUT2D eigenvalue weighted by Gasteiger charge is 2.25. The van der Waals surface area contributed by atoms with Crippen molar-refractivity contribution in [2.45, 2.75) is 62.5 Å². The Morgan fingerprint density at radius 3 is 2.68 bits per heavy atom. The molecule has 0 aromatic heterocycles. The zero-order chi connectivity index (χ0) is 13.7. The fourth-order valence-electron chi connectivity index (χ4n) is 2.88. The van der Waals surface area contributed by atoms with Gasteiger partial charge in [0.2, 0.25) is 0 Å². The van der Waals surface area contributed by atoms with Gasteiger partial charge >= 0.3 is 0 Å². The fraction of sp³-hybridized carbons (Fsp3) is 0.625. The third-order valence-electron chi connectivity index (χ3n) is 3.98. The first-order chi connectivity index (χ1) is 9.16. The summed E-state index contributed by atoms with van der Waals surface area (Å²) in [4.78, 5) is 0. The van der Waals surface area contributed by atoms with Gasteiger partial charge in [-0.25, -0.2) is 0 Å². The van der Waals surface area contributed by atoms with Crippen LogP contribution in [-0.4, -0.2) is 15.5 Å². The van der Waals surface area contributed by atoms with E-state index in [9.17, 15) is 4.21 Å². The maximum absolute atomic E-state index is 12.6. The predicted octanol–water partition coefficient (Wildman–Crippen LogP) is 3.29. The molecule has 106 valence electrons. The van der Waals surface area contributed by atoms with Crippen LogP contribution < -0.4 is 5.73 Å². The van der Waals surface area contributed by atoms with Crippen LogP contribution in [0.1, 0.15) is 49.7 Å². The minimum atomic E-state index is -0.840. The van der Waals surface area contributed by atoms with Crippen LogP contribution in [0.3, 0.4) is 0 Å². The molecule has 3 unspecified atom stereocenters. The molecule has 0 amide bonds. The van der Waals surface area contributed by atoms with E-state index in [1.165, 1.54) is 36.8 Å². The molecule has 19 heavy (non-hydrogen) atoms. The zero-order valence-electron chi connectivity index (χ0n) is 11.8. The number of benzene rings is 1. The Bertz CT molecular complexity index is 433. The van der Waals surface area contributed by atoms with E-state index in [-0.39, 0.29) is 11.3 Å². The summed E-state index contributed by atoms with van der Waals surface area (Å²) in [6.45, 7) is 2.08. The molecule has 1 aliphatic carbocycles. The summed E-state index contributed by atoms with van der Waals surface area (Å²) in [6, 6.07) is 8.44. The molecule has 1 aromatic rings. The monoisotopic (exact) mass is 279 g/mol. The minimum absolute atomic E-state index is 0.117. The number of rotatable bonds is 3. The quantitative estimate of drug-likeness (QED) is 0.922. The van der Waals surface area contributed by atoms with Crippen LogP contribution in [0.2, 0.25) is 0 Å². The largest absolute Gasteiger partial charge is 0.327 e. The normalized spacial score (nSPS) is 26.4. The van der Waals surface area contributed by atoms with Gasteiger partial charge in [0.1, 0.15) is 0 Å². The summed E-state index contributed by atoms with van der Waals surface area (Å²) in [7, 11) is -0.840. The van der Waals surface area contributed by atoms with Crippen molar-refractivity contribution >= 4 is 10.8 Å². The molecule has 0 spiro atoms. The van der Waals surface area contributed by atoms with E-state index in [1.54, 1.807) is 0 Å². The molecule has 0 saturated heterocycles. The van der Waals surface area contributed by atoms with E-state index in [4.69, 9.17) is 5.73 Å². The highest BCUT2D eigenvalue weighted by Crippen LogP contribution is 2.22. The highest BCUT2D eigenvalue weighted by molar-refractivity contribution is 7.84. The second-order valence-corrected chi connectivity index (χ2v) is 7.36. The van der Waals surface area contributed by atoms with E-state index in [0.717, 1.165) is 12.8 Å². The van der Waals surface area contributed by atoms with E-state index < -0.39 is 10.8 Å². The molecule has 1 aromatic carbocycles. The van der Waals surface area contributed by atoms with Gasteiger partial charge in [0.15, 0.2) is 0 Å². The zero-order valence-corrected chi connectivity index (χ0v) is 12.6. The van der Waals surface area contributed by atoms with Crippen LogP contribution in [0.25, 0.3) is 0 Å². The number of hydrogen-bond donors (Lipinski definition) is 1. The topological polar surface area (TPSA) is 43.1 Å². The number of aryl methyl sites for hydroxylation is 1. The van der Waals surface area contributed by atoms with Crippen molar-refractivity contribution < 1.29 is 4.21 Å². The van der Waals surface area contributed by atoms with Gasteiger partial charge < -0.3 is 5.73 Å². The van der Waals surface area contributed by atoms with Crippen molar-refractivity contribution in [3.8, 4) is 0 Å². The minimum Gasteiger partial charge on any atom is -0.327 e. The van der Waals surface area contributed by atoms with Gasteiger partial charge in [0.05, 0.1) is 5.25 Å². The summed E-state index contributed by atoms with van der Waals surface area (Å²) in [5.41, 5.74) is 8.65. The summed E-state index contributed by atoms with van der Waals surface area (Å²) in [5, 5.41) is 0.181. The van der Waals surface area contributed by atoms with Crippen molar-refractivity contribution in [2.24, 2.45) is 5.73 Å². The van der Waals surface area contributed by atoms with Crippen molar-refractivity contribution in [3.05, 3.63) is 35.4 Å². The maximum Gasteiger partial charge on any atom is 0.0502 e. The van der Waals surface area contributed by atoms with E-state index in [1.807, 2.05) is 6.07 Å².